The number of hydrogen-bond donors (Lipinski definition) is 2. The molecule has 4 N–H and O–H groups in total. The van der Waals surface area contributed by atoms with Crippen molar-refractivity contribution in [3.63, 3.8) is 0 Å². The van der Waals surface area contributed by atoms with E-state index < -0.39 is 0 Å². The van der Waals surface area contributed by atoms with Crippen LogP contribution < -0.4 is 11.5 Å². The fourth-order valence-electron chi connectivity index (χ4n) is 1.48. The van der Waals surface area contributed by atoms with Crippen LogP contribution in [-0.2, 0) is 0 Å². The van der Waals surface area contributed by atoms with Crippen molar-refractivity contribution in [1.29, 1.82) is 0 Å². The molecule has 0 atom stereocenters. The summed E-state index contributed by atoms with van der Waals surface area (Å²) in [6.45, 7) is 2.02. The van der Waals surface area contributed by atoms with E-state index in [9.17, 15) is 0 Å². The molecule has 2 aromatic rings. The lowest BCUT2D eigenvalue weighted by Crippen LogP contribution is -1.94. The number of anilines is 2. The van der Waals surface area contributed by atoms with Crippen LogP contribution in [0, 0.1) is 6.92 Å². The molecule has 1 aromatic heterocycles. The summed E-state index contributed by atoms with van der Waals surface area (Å²) in [5.41, 5.74) is 15.9. The number of aromatic nitrogens is 1. The molecule has 100 valence electrons. The van der Waals surface area contributed by atoms with E-state index in [0.29, 0.717) is 11.4 Å². The highest BCUT2D eigenvalue weighted by molar-refractivity contribution is 5.86. The Bertz CT molecular complexity index is 504. The predicted molar refractivity (Wildman–Crippen MR) is 85.0 cm³/mol. The van der Waals surface area contributed by atoms with Gasteiger partial charge in [0, 0.05) is 23.1 Å². The molecule has 0 saturated heterocycles. The van der Waals surface area contributed by atoms with Crippen LogP contribution in [0.5, 0.6) is 0 Å². The normalized spacial score (nSPS) is 8.50. The molecule has 1 heterocycles. The molecule has 0 spiro atoms. The number of aryl methyl sites for hydroxylation is 1. The van der Waals surface area contributed by atoms with Gasteiger partial charge in [-0.05, 0) is 42.8 Å². The van der Waals surface area contributed by atoms with E-state index in [-0.39, 0.29) is 37.2 Å². The molecule has 0 bridgehead atoms. The number of pyridine rings is 1. The van der Waals surface area contributed by atoms with Gasteiger partial charge < -0.3 is 11.5 Å². The second-order valence-corrected chi connectivity index (χ2v) is 3.57. The lowest BCUT2D eigenvalue weighted by molar-refractivity contribution is 1.29. The summed E-state index contributed by atoms with van der Waals surface area (Å²) in [6, 6.07) is 9.37. The van der Waals surface area contributed by atoms with Crippen LogP contribution in [-0.4, -0.2) is 4.98 Å². The number of nitrogen functional groups attached to an aromatic ring is 2. The molecule has 2 rings (SSSR count). The van der Waals surface area contributed by atoms with Gasteiger partial charge in [-0.15, -0.1) is 37.2 Å². The molecule has 1 aromatic carbocycles. The van der Waals surface area contributed by atoms with Crippen molar-refractivity contribution in [3.05, 3.63) is 42.1 Å². The van der Waals surface area contributed by atoms with Crippen molar-refractivity contribution in [2.75, 3.05) is 11.5 Å². The Balaban J connectivity index is 0. The predicted octanol–water partition coefficient (Wildman–Crippen LogP) is 3.49. The van der Waals surface area contributed by atoms with Crippen LogP contribution in [0.2, 0.25) is 0 Å². The van der Waals surface area contributed by atoms with Gasteiger partial charge in [-0.2, -0.15) is 0 Å². The van der Waals surface area contributed by atoms with Crippen LogP contribution >= 0.6 is 37.2 Å². The molecule has 0 saturated carbocycles. The van der Waals surface area contributed by atoms with Crippen LogP contribution in [0.15, 0.2) is 36.5 Å². The quantitative estimate of drug-likeness (QED) is 0.793. The summed E-state index contributed by atoms with van der Waals surface area (Å²) in [4.78, 5) is 4.28. The Labute approximate surface area is 125 Å². The first-order chi connectivity index (χ1) is 7.16. The second kappa shape index (κ2) is 8.03. The van der Waals surface area contributed by atoms with Crippen molar-refractivity contribution in [3.8, 4) is 11.3 Å². The highest BCUT2D eigenvalue weighted by Crippen LogP contribution is 2.26. The van der Waals surface area contributed by atoms with Crippen molar-refractivity contribution in [2.45, 2.75) is 6.92 Å². The first-order valence-electron chi connectivity index (χ1n) is 4.75. The van der Waals surface area contributed by atoms with Gasteiger partial charge in [0.2, 0.25) is 0 Å². The third kappa shape index (κ3) is 4.26. The summed E-state index contributed by atoms with van der Waals surface area (Å²) in [5.74, 6) is 0. The first-order valence-corrected chi connectivity index (χ1v) is 4.75. The topological polar surface area (TPSA) is 64.9 Å². The van der Waals surface area contributed by atoms with E-state index >= 15 is 0 Å². The molecule has 0 radical (unpaired) electrons. The molecular weight excluding hydrogens is 293 g/mol. The van der Waals surface area contributed by atoms with Gasteiger partial charge in [0.15, 0.2) is 0 Å². The number of halogens is 3. The standard InChI is InChI=1S/C12H13N3.3ClH/c1-8-4-5-15-12(6-8)10-7-9(13)2-3-11(10)14;;;/h2-7H,13-14H2,1H3;3*1H. The van der Waals surface area contributed by atoms with Crippen LogP contribution in [0.25, 0.3) is 11.3 Å². The van der Waals surface area contributed by atoms with Crippen molar-refractivity contribution in [1.82, 2.24) is 4.98 Å². The largest absolute Gasteiger partial charge is 0.399 e. The lowest BCUT2D eigenvalue weighted by Gasteiger charge is -2.06. The number of nitrogens with zero attached hydrogens (tertiary/aromatic N) is 1. The maximum absolute atomic E-state index is 5.88. The average molecular weight is 309 g/mol. The molecule has 0 unspecified atom stereocenters. The minimum absolute atomic E-state index is 0. The molecule has 3 nitrogen and oxygen atoms in total. The lowest BCUT2D eigenvalue weighted by atomic mass is 10.1. The number of rotatable bonds is 1. The van der Waals surface area contributed by atoms with E-state index in [1.165, 1.54) is 0 Å². The third-order valence-electron chi connectivity index (χ3n) is 2.27. The average Bonchev–Trinajstić information content (AvgIpc) is 2.22. The molecule has 0 aliphatic rings. The molecule has 0 amide bonds. The molecule has 0 fully saturated rings. The minimum atomic E-state index is 0. The minimum Gasteiger partial charge on any atom is -0.399 e. The number of benzene rings is 1. The van der Waals surface area contributed by atoms with Crippen molar-refractivity contribution in [2.24, 2.45) is 0 Å². The zero-order chi connectivity index (χ0) is 10.8. The third-order valence-corrected chi connectivity index (χ3v) is 2.27. The van der Waals surface area contributed by atoms with Gasteiger partial charge in [-0.3, -0.25) is 4.98 Å². The van der Waals surface area contributed by atoms with Gasteiger partial charge in [0.25, 0.3) is 0 Å². The fourth-order valence-corrected chi connectivity index (χ4v) is 1.48. The van der Waals surface area contributed by atoms with Gasteiger partial charge >= 0.3 is 0 Å². The molecule has 18 heavy (non-hydrogen) atoms. The summed E-state index contributed by atoms with van der Waals surface area (Å²) in [5, 5.41) is 0. The highest BCUT2D eigenvalue weighted by Gasteiger charge is 2.04. The SMILES string of the molecule is Cc1ccnc(-c2cc(N)ccc2N)c1.Cl.Cl.Cl. The number of hydrogen-bond acceptors (Lipinski definition) is 3. The van der Waals surface area contributed by atoms with Crippen LogP contribution in [0.1, 0.15) is 5.56 Å². The molecule has 0 aliphatic heterocycles. The van der Waals surface area contributed by atoms with Crippen molar-refractivity contribution < 1.29 is 0 Å². The van der Waals surface area contributed by atoms with Crippen LogP contribution in [0.4, 0.5) is 11.4 Å². The Kier molecular flexibility index (Phi) is 8.56. The summed E-state index contributed by atoms with van der Waals surface area (Å²) in [7, 11) is 0. The van der Waals surface area contributed by atoms with Gasteiger partial charge in [0.05, 0.1) is 5.69 Å². The summed E-state index contributed by atoms with van der Waals surface area (Å²) < 4.78 is 0. The maximum atomic E-state index is 5.88. The number of nitrogens with two attached hydrogens (primary N) is 2. The van der Waals surface area contributed by atoms with Crippen LogP contribution in [0.3, 0.4) is 0 Å². The maximum Gasteiger partial charge on any atom is 0.0726 e. The molecule has 6 heteroatoms. The second-order valence-electron chi connectivity index (χ2n) is 3.57. The summed E-state index contributed by atoms with van der Waals surface area (Å²) in [6.07, 6.45) is 1.77. The van der Waals surface area contributed by atoms with Crippen molar-refractivity contribution >= 4 is 48.6 Å². The van der Waals surface area contributed by atoms with E-state index in [0.717, 1.165) is 16.8 Å². The van der Waals surface area contributed by atoms with Gasteiger partial charge in [0.1, 0.15) is 0 Å². The Morgan fingerprint density at radius 2 is 1.61 bits per heavy atom. The Hall–Kier alpha value is -1.16. The Morgan fingerprint density at radius 3 is 2.22 bits per heavy atom. The van der Waals surface area contributed by atoms with E-state index in [1.54, 1.807) is 18.3 Å². The van der Waals surface area contributed by atoms with Gasteiger partial charge in [-0.1, -0.05) is 0 Å². The zero-order valence-electron chi connectivity index (χ0n) is 9.79. The summed E-state index contributed by atoms with van der Waals surface area (Å²) >= 11 is 0. The first kappa shape index (κ1) is 19.2. The fraction of sp³-hybridized carbons (Fsp3) is 0.0833. The zero-order valence-corrected chi connectivity index (χ0v) is 12.2. The highest BCUT2D eigenvalue weighted by atomic mass is 35.5. The van der Waals surface area contributed by atoms with E-state index in [1.807, 2.05) is 25.1 Å². The molecule has 0 aliphatic carbocycles. The smallest absolute Gasteiger partial charge is 0.0726 e. The van der Waals surface area contributed by atoms with E-state index in [4.69, 9.17) is 11.5 Å². The molecular formula is C12H16Cl3N3. The monoisotopic (exact) mass is 307 g/mol. The Morgan fingerprint density at radius 1 is 0.944 bits per heavy atom. The van der Waals surface area contributed by atoms with E-state index in [2.05, 4.69) is 4.98 Å². The van der Waals surface area contributed by atoms with Gasteiger partial charge in [-0.25, -0.2) is 0 Å².